The minimum absolute atomic E-state index is 0.0410. The summed E-state index contributed by atoms with van der Waals surface area (Å²) in [6.45, 7) is 2.15. The van der Waals surface area contributed by atoms with Crippen molar-refractivity contribution in [2.75, 3.05) is 6.26 Å². The molecule has 2 aromatic carbocycles. The minimum Gasteiger partial charge on any atom is -0.393 e. The van der Waals surface area contributed by atoms with Crippen molar-refractivity contribution >= 4 is 18.0 Å². The van der Waals surface area contributed by atoms with E-state index in [1.807, 2.05) is 6.26 Å². The average Bonchev–Trinajstić information content (AvgIpc) is 2.70. The second-order valence-corrected chi connectivity index (χ2v) is 8.65. The van der Waals surface area contributed by atoms with E-state index < -0.39 is 0 Å². The maximum absolute atomic E-state index is 10.5. The van der Waals surface area contributed by atoms with Crippen LogP contribution in [0.5, 0.6) is 0 Å². The van der Waals surface area contributed by atoms with E-state index >= 15 is 0 Å². The molecule has 0 aliphatic carbocycles. The summed E-state index contributed by atoms with van der Waals surface area (Å²) in [4.78, 5) is 10.5. The first kappa shape index (κ1) is 21.1. The number of aryl methyl sites for hydroxylation is 2. The van der Waals surface area contributed by atoms with Crippen molar-refractivity contribution in [1.29, 1.82) is 0 Å². The molecule has 0 radical (unpaired) electrons. The zero-order valence-corrected chi connectivity index (χ0v) is 17.6. The minimum atomic E-state index is -0.298. The molecule has 1 heterocycles. The van der Waals surface area contributed by atoms with Crippen LogP contribution in [0.15, 0.2) is 42.5 Å². The van der Waals surface area contributed by atoms with Crippen molar-refractivity contribution in [2.45, 2.75) is 63.1 Å². The number of aldehydes is 1. The molecule has 150 valence electrons. The molecular formula is C24H30O3S. The lowest BCUT2D eigenvalue weighted by Gasteiger charge is -2.32. The number of carbonyl (C=O) groups excluding carboxylic acids is 1. The first-order valence-corrected chi connectivity index (χ1v) is 11.3. The van der Waals surface area contributed by atoms with Gasteiger partial charge in [0.15, 0.2) is 0 Å². The molecule has 1 saturated heterocycles. The van der Waals surface area contributed by atoms with E-state index in [9.17, 15) is 9.90 Å². The predicted molar refractivity (Wildman–Crippen MR) is 116 cm³/mol. The smallest absolute Gasteiger partial charge is 0.120 e. The monoisotopic (exact) mass is 398 g/mol. The molecule has 0 amide bonds. The summed E-state index contributed by atoms with van der Waals surface area (Å²) in [6, 6.07) is 15.3. The highest BCUT2D eigenvalue weighted by Crippen LogP contribution is 2.35. The van der Waals surface area contributed by atoms with Crippen molar-refractivity contribution in [2.24, 2.45) is 0 Å². The van der Waals surface area contributed by atoms with Crippen LogP contribution in [0, 0.1) is 6.92 Å². The molecule has 3 atom stereocenters. The van der Waals surface area contributed by atoms with Crippen LogP contribution in [0.2, 0.25) is 0 Å². The summed E-state index contributed by atoms with van der Waals surface area (Å²) in [6.07, 6.45) is 7.42. The van der Waals surface area contributed by atoms with E-state index in [1.165, 1.54) is 22.3 Å². The number of aliphatic hydroxyl groups is 1. The van der Waals surface area contributed by atoms with Gasteiger partial charge in [0, 0.05) is 19.3 Å². The first-order valence-electron chi connectivity index (χ1n) is 10.1. The van der Waals surface area contributed by atoms with Gasteiger partial charge >= 0.3 is 0 Å². The summed E-state index contributed by atoms with van der Waals surface area (Å²) in [7, 11) is 0. The average molecular weight is 399 g/mol. The highest BCUT2D eigenvalue weighted by Gasteiger charge is 2.29. The van der Waals surface area contributed by atoms with Crippen LogP contribution in [0.25, 0.3) is 0 Å². The fourth-order valence-electron chi connectivity index (χ4n) is 3.74. The molecule has 0 aromatic heterocycles. The maximum atomic E-state index is 10.5. The van der Waals surface area contributed by atoms with Gasteiger partial charge in [0.2, 0.25) is 0 Å². The SMILES string of the molecule is CSC1CC(O)CC(c2ccc(C)c(Cc3ccc(CCCC=O)cc3)c2)O1. The van der Waals surface area contributed by atoms with Gasteiger partial charge in [0.05, 0.1) is 12.2 Å². The Morgan fingerprint density at radius 3 is 2.61 bits per heavy atom. The van der Waals surface area contributed by atoms with E-state index in [1.54, 1.807) is 11.8 Å². The summed E-state index contributed by atoms with van der Waals surface area (Å²) in [5.74, 6) is 0. The highest BCUT2D eigenvalue weighted by atomic mass is 32.2. The summed E-state index contributed by atoms with van der Waals surface area (Å²) < 4.78 is 6.18. The highest BCUT2D eigenvalue weighted by molar-refractivity contribution is 7.99. The van der Waals surface area contributed by atoms with Gasteiger partial charge in [-0.3, -0.25) is 0 Å². The quantitative estimate of drug-likeness (QED) is 0.502. The molecule has 0 spiro atoms. The zero-order valence-electron chi connectivity index (χ0n) is 16.8. The molecule has 4 heteroatoms. The molecular weight excluding hydrogens is 368 g/mol. The largest absolute Gasteiger partial charge is 0.393 e. The van der Waals surface area contributed by atoms with Crippen molar-refractivity contribution < 1.29 is 14.6 Å². The molecule has 2 aromatic rings. The molecule has 1 aliphatic heterocycles. The lowest BCUT2D eigenvalue weighted by Crippen LogP contribution is -2.29. The summed E-state index contributed by atoms with van der Waals surface area (Å²) in [5, 5.41) is 10.2. The second kappa shape index (κ2) is 10.2. The molecule has 1 aliphatic rings. The van der Waals surface area contributed by atoms with Crippen LogP contribution in [-0.4, -0.2) is 29.2 Å². The Hall–Kier alpha value is -1.62. The standard InChI is InChI=1S/C24H30O3S/c1-17-6-11-20(23-15-22(26)16-24(27-23)28-2)14-21(17)13-19-9-7-18(8-10-19)5-3-4-12-25/h6-12,14,22-24,26H,3-5,13,15-16H2,1-2H3. The number of thioether (sulfide) groups is 1. The third kappa shape index (κ3) is 5.69. The normalized spacial score (nSPS) is 22.2. The van der Waals surface area contributed by atoms with Crippen molar-refractivity contribution in [3.63, 3.8) is 0 Å². The van der Waals surface area contributed by atoms with Gasteiger partial charge in [-0.15, -0.1) is 11.8 Å². The van der Waals surface area contributed by atoms with E-state index in [0.717, 1.165) is 31.1 Å². The van der Waals surface area contributed by atoms with Crippen LogP contribution >= 0.6 is 11.8 Å². The van der Waals surface area contributed by atoms with Crippen molar-refractivity contribution in [1.82, 2.24) is 0 Å². The predicted octanol–water partition coefficient (Wildman–Crippen LogP) is 5.01. The molecule has 0 saturated carbocycles. The van der Waals surface area contributed by atoms with Gasteiger partial charge in [-0.1, -0.05) is 42.5 Å². The zero-order chi connectivity index (χ0) is 19.9. The molecule has 28 heavy (non-hydrogen) atoms. The fraction of sp³-hybridized carbons (Fsp3) is 0.458. The Balaban J connectivity index is 1.70. The van der Waals surface area contributed by atoms with Crippen LogP contribution < -0.4 is 0 Å². The van der Waals surface area contributed by atoms with Crippen LogP contribution in [-0.2, 0) is 22.4 Å². The fourth-order valence-corrected chi connectivity index (χ4v) is 4.40. The van der Waals surface area contributed by atoms with E-state index in [4.69, 9.17) is 4.74 Å². The Morgan fingerprint density at radius 1 is 1.14 bits per heavy atom. The number of carbonyl (C=O) groups is 1. The van der Waals surface area contributed by atoms with E-state index in [2.05, 4.69) is 49.4 Å². The second-order valence-electron chi connectivity index (χ2n) is 7.65. The molecule has 0 bridgehead atoms. The molecule has 3 rings (SSSR count). The summed E-state index contributed by atoms with van der Waals surface area (Å²) in [5.41, 5.74) is 6.36. The van der Waals surface area contributed by atoms with Gasteiger partial charge in [-0.05, 0) is 60.3 Å². The Morgan fingerprint density at radius 2 is 1.89 bits per heavy atom. The number of rotatable bonds is 8. The lowest BCUT2D eigenvalue weighted by atomic mass is 9.93. The van der Waals surface area contributed by atoms with Gasteiger partial charge in [-0.2, -0.15) is 0 Å². The number of hydrogen-bond acceptors (Lipinski definition) is 4. The first-order chi connectivity index (χ1) is 13.6. The van der Waals surface area contributed by atoms with E-state index in [0.29, 0.717) is 19.3 Å². The van der Waals surface area contributed by atoms with Crippen LogP contribution in [0.4, 0.5) is 0 Å². The number of ether oxygens (including phenoxy) is 1. The molecule has 1 N–H and O–H groups in total. The number of aliphatic hydroxyl groups excluding tert-OH is 1. The van der Waals surface area contributed by atoms with Crippen LogP contribution in [0.3, 0.4) is 0 Å². The maximum Gasteiger partial charge on any atom is 0.120 e. The Bertz CT molecular complexity index is 772. The molecule has 1 fully saturated rings. The van der Waals surface area contributed by atoms with Gasteiger partial charge in [0.1, 0.15) is 11.7 Å². The summed E-state index contributed by atoms with van der Waals surface area (Å²) >= 11 is 1.66. The Labute approximate surface area is 172 Å². The third-order valence-electron chi connectivity index (χ3n) is 5.48. The molecule has 3 nitrogen and oxygen atoms in total. The number of benzene rings is 2. The van der Waals surface area contributed by atoms with Crippen molar-refractivity contribution in [3.8, 4) is 0 Å². The van der Waals surface area contributed by atoms with Crippen molar-refractivity contribution in [3.05, 3.63) is 70.3 Å². The Kier molecular flexibility index (Phi) is 7.72. The van der Waals surface area contributed by atoms with Gasteiger partial charge in [-0.25, -0.2) is 0 Å². The molecule has 3 unspecified atom stereocenters. The third-order valence-corrected chi connectivity index (χ3v) is 6.31. The van der Waals surface area contributed by atoms with Crippen LogP contribution in [0.1, 0.15) is 59.6 Å². The lowest BCUT2D eigenvalue weighted by molar-refractivity contribution is -0.107. The van der Waals surface area contributed by atoms with E-state index in [-0.39, 0.29) is 17.6 Å². The number of unbranched alkanes of at least 4 members (excludes halogenated alkanes) is 1. The van der Waals surface area contributed by atoms with Gasteiger partial charge in [0.25, 0.3) is 0 Å². The number of hydrogen-bond donors (Lipinski definition) is 1. The van der Waals surface area contributed by atoms with Gasteiger partial charge < -0.3 is 14.6 Å². The topological polar surface area (TPSA) is 46.5 Å².